The lowest BCUT2D eigenvalue weighted by atomic mass is 10.0. The van der Waals surface area contributed by atoms with Gasteiger partial charge in [-0.1, -0.05) is 107 Å². The minimum atomic E-state index is -3.17. The van der Waals surface area contributed by atoms with E-state index in [9.17, 15) is 43.2 Å². The maximum absolute atomic E-state index is 13.4. The van der Waals surface area contributed by atoms with Crippen LogP contribution in [0.1, 0.15) is 236 Å². The number of ether oxygens (including phenoxy) is 3. The van der Waals surface area contributed by atoms with Gasteiger partial charge in [0, 0.05) is 25.9 Å². The molecule has 454 valence electrons. The summed E-state index contributed by atoms with van der Waals surface area (Å²) in [5, 5.41) is 23.0. The maximum atomic E-state index is 13.4. The lowest BCUT2D eigenvalue weighted by Gasteiger charge is -2.32. The van der Waals surface area contributed by atoms with Crippen molar-refractivity contribution in [2.45, 2.75) is 278 Å². The third-order valence-corrected chi connectivity index (χ3v) is 14.4. The monoisotopic (exact) mass is 1140 g/mol. The van der Waals surface area contributed by atoms with E-state index in [0.717, 1.165) is 50.5 Å². The SMILES string of the molecule is CC(C)(C)OC(=O)N[C@@H](CCCCNC(=O)CC[C@H](NC(=O)CCCCCCCCCCCCCCCCP(=O)(OC(C)(C)C)OC(C)(C)C)C(=O)OC(C)(C)C)C(=O)NCCCC[C@H](NC(=O)OCc1ccccc1)C(=O)O. The van der Waals surface area contributed by atoms with Crippen LogP contribution in [0.4, 0.5) is 9.59 Å². The van der Waals surface area contributed by atoms with Gasteiger partial charge in [-0.25, -0.2) is 19.2 Å². The van der Waals surface area contributed by atoms with E-state index >= 15 is 0 Å². The first-order chi connectivity index (χ1) is 36.9. The van der Waals surface area contributed by atoms with Crippen molar-refractivity contribution in [2.75, 3.05) is 19.3 Å². The Morgan fingerprint density at radius 1 is 0.481 bits per heavy atom. The fourth-order valence-corrected chi connectivity index (χ4v) is 10.8. The van der Waals surface area contributed by atoms with Crippen molar-refractivity contribution >= 4 is 49.4 Å². The van der Waals surface area contributed by atoms with Gasteiger partial charge in [-0.2, -0.15) is 0 Å². The van der Waals surface area contributed by atoms with Gasteiger partial charge in [-0.15, -0.1) is 0 Å². The summed E-state index contributed by atoms with van der Waals surface area (Å²) in [7, 11) is -3.17. The molecule has 0 heterocycles. The molecule has 3 atom stereocenters. The van der Waals surface area contributed by atoms with E-state index in [1.165, 1.54) is 38.5 Å². The number of hydrogen-bond acceptors (Lipinski definition) is 13. The van der Waals surface area contributed by atoms with Crippen molar-refractivity contribution in [1.29, 1.82) is 0 Å². The van der Waals surface area contributed by atoms with Gasteiger partial charge < -0.3 is 54.9 Å². The minimum Gasteiger partial charge on any atom is -0.480 e. The van der Waals surface area contributed by atoms with E-state index in [4.69, 9.17) is 23.3 Å². The third kappa shape index (κ3) is 41.0. The highest BCUT2D eigenvalue weighted by atomic mass is 31.2. The summed E-state index contributed by atoms with van der Waals surface area (Å²) < 4.78 is 41.3. The number of unbranched alkanes of at least 4 members (excludes halogenated alkanes) is 15. The number of carboxylic acid groups (broad SMARTS) is 1. The Bertz CT molecular complexity index is 1970. The molecule has 0 aliphatic rings. The molecule has 1 rings (SSSR count). The number of esters is 1. The van der Waals surface area contributed by atoms with Gasteiger partial charge in [0.1, 0.15) is 35.9 Å². The second-order valence-corrected chi connectivity index (χ2v) is 26.6. The van der Waals surface area contributed by atoms with Gasteiger partial charge >= 0.3 is 31.7 Å². The number of aliphatic carboxylic acids is 1. The molecule has 0 radical (unpaired) electrons. The van der Waals surface area contributed by atoms with E-state index in [1.54, 1.807) is 65.8 Å². The van der Waals surface area contributed by atoms with E-state index in [0.29, 0.717) is 38.3 Å². The zero-order valence-corrected chi connectivity index (χ0v) is 51.3. The molecular weight excluding hydrogens is 1030 g/mol. The molecule has 1 aromatic carbocycles. The smallest absolute Gasteiger partial charge is 0.408 e. The molecule has 0 aliphatic heterocycles. The number of carboxylic acids is 1. The summed E-state index contributed by atoms with van der Waals surface area (Å²) >= 11 is 0. The second-order valence-electron chi connectivity index (χ2n) is 24.6. The summed E-state index contributed by atoms with van der Waals surface area (Å²) in [6, 6.07) is 5.84. The molecule has 0 bridgehead atoms. The lowest BCUT2D eigenvalue weighted by Crippen LogP contribution is -2.48. The van der Waals surface area contributed by atoms with Gasteiger partial charge in [0.25, 0.3) is 0 Å². The highest BCUT2D eigenvalue weighted by Gasteiger charge is 2.35. The normalized spacial score (nSPS) is 13.3. The molecule has 6 N–H and O–H groups in total. The first-order valence-electron chi connectivity index (χ1n) is 29.1. The Kier molecular flexibility index (Phi) is 34.8. The number of amides is 5. The quantitative estimate of drug-likeness (QED) is 0.0155. The molecule has 20 heteroatoms. The molecule has 19 nitrogen and oxygen atoms in total. The summed E-state index contributed by atoms with van der Waals surface area (Å²) in [5.74, 6) is -2.87. The first-order valence-corrected chi connectivity index (χ1v) is 30.8. The Labute approximate surface area is 473 Å². The largest absolute Gasteiger partial charge is 0.480 e. The highest BCUT2D eigenvalue weighted by Crippen LogP contribution is 2.55. The summed E-state index contributed by atoms with van der Waals surface area (Å²) in [5.41, 5.74) is -1.90. The van der Waals surface area contributed by atoms with Crippen molar-refractivity contribution in [3.63, 3.8) is 0 Å². The van der Waals surface area contributed by atoms with Crippen LogP contribution in [0.5, 0.6) is 0 Å². The third-order valence-electron chi connectivity index (χ3n) is 11.9. The van der Waals surface area contributed by atoms with E-state index in [2.05, 4.69) is 26.6 Å². The Balaban J connectivity index is 2.44. The number of nitrogens with one attached hydrogen (secondary N) is 5. The zero-order chi connectivity index (χ0) is 59.5. The molecule has 5 amide bonds. The summed E-state index contributed by atoms with van der Waals surface area (Å²) in [4.78, 5) is 89.1. The van der Waals surface area contributed by atoms with Gasteiger partial charge in [0.15, 0.2) is 0 Å². The van der Waals surface area contributed by atoms with Crippen LogP contribution in [-0.4, -0.2) is 107 Å². The van der Waals surface area contributed by atoms with Crippen LogP contribution >= 0.6 is 7.60 Å². The number of alkyl carbamates (subject to hydrolysis) is 2. The molecule has 0 unspecified atom stereocenters. The van der Waals surface area contributed by atoms with Crippen molar-refractivity contribution < 1.29 is 66.5 Å². The van der Waals surface area contributed by atoms with Crippen molar-refractivity contribution in [2.24, 2.45) is 0 Å². The molecule has 1 aromatic rings. The van der Waals surface area contributed by atoms with Crippen LogP contribution in [-0.2, 0) is 58.4 Å². The van der Waals surface area contributed by atoms with Gasteiger partial charge in [-0.05, 0) is 146 Å². The number of hydrogen-bond donors (Lipinski definition) is 6. The molecular formula is C59H104N5O14P. The van der Waals surface area contributed by atoms with Crippen LogP contribution in [0.2, 0.25) is 0 Å². The number of rotatable bonds is 40. The predicted molar refractivity (Wildman–Crippen MR) is 308 cm³/mol. The molecule has 0 aliphatic carbocycles. The van der Waals surface area contributed by atoms with Gasteiger partial charge in [-0.3, -0.25) is 18.9 Å². The number of benzene rings is 1. The Morgan fingerprint density at radius 2 is 0.949 bits per heavy atom. The fraction of sp³-hybridized carbons (Fsp3) is 0.780. The van der Waals surface area contributed by atoms with E-state index in [1.807, 2.05) is 47.6 Å². The summed E-state index contributed by atoms with van der Waals surface area (Å²) in [6.07, 6.45) is 16.1. The molecule has 0 saturated carbocycles. The van der Waals surface area contributed by atoms with Gasteiger partial charge in [0.2, 0.25) is 17.7 Å². The average molecular weight is 1140 g/mol. The predicted octanol–water partition coefficient (Wildman–Crippen LogP) is 12.1. The minimum absolute atomic E-state index is 0.00863. The van der Waals surface area contributed by atoms with E-state index in [-0.39, 0.29) is 63.6 Å². The lowest BCUT2D eigenvalue weighted by molar-refractivity contribution is -0.159. The van der Waals surface area contributed by atoms with E-state index < -0.39 is 78.2 Å². The standard InChI is InChI=1S/C59H104N5O14P/c1-56(2,3)75-53(70)48(62-50(66)38-28-23-21-19-17-15-13-14-16-18-20-22-24-33-43-79(73,77-58(7,8)9)78-59(10,11)12)39-40-49(65)60-41-31-29-36-46(63-55(72)76-57(4,5)6)51(67)61-42-32-30-37-47(52(68)69)64-54(71)74-44-45-34-26-25-27-35-45/h25-27,34-35,46-48H,13-24,28-33,36-44H2,1-12H3,(H,60,65)(H,61,67)(H,62,66)(H,63,72)(H,64,71)(H,68,69)/t46-,47-,48-/m0/s1. The van der Waals surface area contributed by atoms with Crippen molar-refractivity contribution in [1.82, 2.24) is 26.6 Å². The summed E-state index contributed by atoms with van der Waals surface area (Å²) in [6.45, 7) is 22.2. The maximum Gasteiger partial charge on any atom is 0.408 e. The molecule has 0 aromatic heterocycles. The topological polar surface area (TPSA) is 263 Å². The molecule has 0 spiro atoms. The average Bonchev–Trinajstić information content (AvgIpc) is 3.31. The van der Waals surface area contributed by atoms with Crippen LogP contribution in [0, 0.1) is 0 Å². The van der Waals surface area contributed by atoms with Crippen LogP contribution in [0.3, 0.4) is 0 Å². The van der Waals surface area contributed by atoms with Crippen LogP contribution in [0.15, 0.2) is 30.3 Å². The van der Waals surface area contributed by atoms with Gasteiger partial charge in [0.05, 0.1) is 17.4 Å². The fourth-order valence-electron chi connectivity index (χ4n) is 8.30. The zero-order valence-electron chi connectivity index (χ0n) is 50.4. The van der Waals surface area contributed by atoms with Crippen LogP contribution in [0.25, 0.3) is 0 Å². The molecule has 0 fully saturated rings. The molecule has 0 saturated heterocycles. The molecule has 79 heavy (non-hydrogen) atoms. The Hall–Kier alpha value is -4.74. The number of carbonyl (C=O) groups excluding carboxylic acids is 6. The number of carbonyl (C=O) groups is 7. The second kappa shape index (κ2) is 38.1. The van der Waals surface area contributed by atoms with Crippen LogP contribution < -0.4 is 26.6 Å². The first kappa shape index (κ1) is 72.3. The van der Waals surface area contributed by atoms with Crippen molar-refractivity contribution in [3.05, 3.63) is 35.9 Å². The highest BCUT2D eigenvalue weighted by molar-refractivity contribution is 7.53. The Morgan fingerprint density at radius 3 is 1.44 bits per heavy atom. The van der Waals surface area contributed by atoms with Crippen molar-refractivity contribution in [3.8, 4) is 0 Å².